The largest absolute Gasteiger partial charge is 0.438 e. The molecule has 20 heavy (non-hydrogen) atoms. The summed E-state index contributed by atoms with van der Waals surface area (Å²) in [6.45, 7) is 3.81. The van der Waals surface area contributed by atoms with Crippen molar-refractivity contribution in [2.45, 2.75) is 31.3 Å². The van der Waals surface area contributed by atoms with Gasteiger partial charge in [-0.05, 0) is 25.0 Å². The van der Waals surface area contributed by atoms with Gasteiger partial charge in [-0.1, -0.05) is 13.3 Å². The Morgan fingerprint density at radius 2 is 2.05 bits per heavy atom. The highest BCUT2D eigenvalue weighted by Gasteiger charge is 2.16. The summed E-state index contributed by atoms with van der Waals surface area (Å²) in [4.78, 5) is 11.6. The lowest BCUT2D eigenvalue weighted by atomic mass is 10.3. The minimum Gasteiger partial charge on any atom is -0.438 e. The third-order valence-electron chi connectivity index (χ3n) is 2.48. The Labute approximate surface area is 118 Å². The smallest absolute Gasteiger partial charge is 0.287 e. The van der Waals surface area contributed by atoms with Crippen LogP contribution in [0.5, 0.6) is 0 Å². The summed E-state index contributed by atoms with van der Waals surface area (Å²) in [5.74, 6) is -0.561. The Balaban J connectivity index is 2.28. The second kappa shape index (κ2) is 8.03. The Bertz CT molecular complexity index is 524. The normalized spacial score (nSPS) is 11.5. The zero-order chi connectivity index (χ0) is 15.0. The molecule has 3 N–H and O–H groups in total. The molecule has 0 aliphatic rings. The molecule has 114 valence electrons. The number of nitrogens with two attached hydrogens (primary N) is 1. The number of hydrogen-bond donors (Lipinski definition) is 2. The number of ether oxygens (including phenoxy) is 1. The van der Waals surface area contributed by atoms with Gasteiger partial charge in [-0.25, -0.2) is 13.6 Å². The lowest BCUT2D eigenvalue weighted by Gasteiger charge is -2.04. The van der Waals surface area contributed by atoms with Gasteiger partial charge in [0.25, 0.3) is 15.9 Å². The molecule has 0 aliphatic carbocycles. The molecule has 0 fully saturated rings. The monoisotopic (exact) mass is 304 g/mol. The van der Waals surface area contributed by atoms with E-state index in [1.807, 2.05) is 0 Å². The van der Waals surface area contributed by atoms with Crippen molar-refractivity contribution in [2.24, 2.45) is 5.14 Å². The number of primary sulfonamides is 1. The highest BCUT2D eigenvalue weighted by molar-refractivity contribution is 7.89. The quantitative estimate of drug-likeness (QED) is 0.657. The van der Waals surface area contributed by atoms with Gasteiger partial charge in [-0.2, -0.15) is 0 Å². The molecule has 0 aromatic carbocycles. The van der Waals surface area contributed by atoms with Crippen LogP contribution in [0.4, 0.5) is 0 Å². The van der Waals surface area contributed by atoms with Gasteiger partial charge in [0.05, 0.1) is 0 Å². The van der Waals surface area contributed by atoms with Crippen molar-refractivity contribution >= 4 is 15.9 Å². The summed E-state index contributed by atoms with van der Waals surface area (Å²) in [5.41, 5.74) is 0. The maximum absolute atomic E-state index is 11.6. The number of rotatable bonds is 9. The Morgan fingerprint density at radius 3 is 2.65 bits per heavy atom. The first-order valence-corrected chi connectivity index (χ1v) is 7.98. The van der Waals surface area contributed by atoms with Gasteiger partial charge >= 0.3 is 0 Å². The summed E-state index contributed by atoms with van der Waals surface area (Å²) in [6.07, 6.45) is 2.79. The number of unbranched alkanes of at least 4 members (excludes halogenated alkanes) is 1. The van der Waals surface area contributed by atoms with E-state index in [0.717, 1.165) is 25.5 Å². The fraction of sp³-hybridized carbons (Fsp3) is 0.583. The molecule has 0 spiro atoms. The molecule has 0 bridgehead atoms. The maximum atomic E-state index is 11.6. The van der Waals surface area contributed by atoms with Crippen molar-refractivity contribution < 1.29 is 22.4 Å². The molecule has 0 aliphatic heterocycles. The molecule has 7 nitrogen and oxygen atoms in total. The zero-order valence-electron chi connectivity index (χ0n) is 11.4. The van der Waals surface area contributed by atoms with Crippen molar-refractivity contribution in [1.82, 2.24) is 5.32 Å². The average molecular weight is 304 g/mol. The van der Waals surface area contributed by atoms with E-state index in [1.165, 1.54) is 6.07 Å². The summed E-state index contributed by atoms with van der Waals surface area (Å²) in [5, 5.41) is 7.06. The van der Waals surface area contributed by atoms with E-state index >= 15 is 0 Å². The van der Waals surface area contributed by atoms with E-state index in [0.29, 0.717) is 19.6 Å². The SMILES string of the molecule is CCCCOCCCNC(=O)c1ccc(S(N)(=O)=O)o1. The molecule has 1 amide bonds. The third kappa shape index (κ3) is 5.72. The molecule has 0 radical (unpaired) electrons. The third-order valence-corrected chi connectivity index (χ3v) is 3.26. The lowest BCUT2D eigenvalue weighted by Crippen LogP contribution is -2.25. The molecule has 1 aromatic rings. The number of carbonyl (C=O) groups is 1. The Hall–Kier alpha value is -1.38. The van der Waals surface area contributed by atoms with Crippen molar-refractivity contribution in [3.05, 3.63) is 17.9 Å². The van der Waals surface area contributed by atoms with E-state index in [1.54, 1.807) is 0 Å². The zero-order valence-corrected chi connectivity index (χ0v) is 12.2. The fourth-order valence-corrected chi connectivity index (χ4v) is 1.87. The maximum Gasteiger partial charge on any atom is 0.287 e. The molecule has 0 saturated heterocycles. The number of sulfonamides is 1. The van der Waals surface area contributed by atoms with E-state index < -0.39 is 21.0 Å². The Morgan fingerprint density at radius 1 is 1.35 bits per heavy atom. The Kier molecular flexibility index (Phi) is 6.69. The standard InChI is InChI=1S/C12H20N2O5S/c1-2-3-8-18-9-4-7-14-12(15)10-5-6-11(19-10)20(13,16)17/h5-6H,2-4,7-9H2,1H3,(H,14,15)(H2,13,16,17). The van der Waals surface area contributed by atoms with Gasteiger partial charge in [0, 0.05) is 19.8 Å². The molecule has 1 aromatic heterocycles. The first-order valence-electron chi connectivity index (χ1n) is 6.43. The summed E-state index contributed by atoms with van der Waals surface area (Å²) in [6, 6.07) is 2.42. The van der Waals surface area contributed by atoms with Crippen LogP contribution in [0.3, 0.4) is 0 Å². The van der Waals surface area contributed by atoms with Gasteiger partial charge in [0.2, 0.25) is 5.09 Å². The first kappa shape index (κ1) is 16.7. The van der Waals surface area contributed by atoms with Crippen molar-refractivity contribution in [3.8, 4) is 0 Å². The molecule has 0 saturated carbocycles. The molecule has 1 heterocycles. The van der Waals surface area contributed by atoms with Crippen molar-refractivity contribution in [2.75, 3.05) is 19.8 Å². The van der Waals surface area contributed by atoms with Crippen LogP contribution in [-0.4, -0.2) is 34.1 Å². The van der Waals surface area contributed by atoms with Crippen LogP contribution >= 0.6 is 0 Å². The van der Waals surface area contributed by atoms with Crippen LogP contribution in [-0.2, 0) is 14.8 Å². The molecule has 0 unspecified atom stereocenters. The topological polar surface area (TPSA) is 112 Å². The van der Waals surface area contributed by atoms with E-state index in [4.69, 9.17) is 14.3 Å². The lowest BCUT2D eigenvalue weighted by molar-refractivity contribution is 0.0908. The van der Waals surface area contributed by atoms with Crippen LogP contribution in [0.1, 0.15) is 36.7 Å². The number of amides is 1. The number of carbonyl (C=O) groups excluding carboxylic acids is 1. The van der Waals surface area contributed by atoms with Gasteiger partial charge < -0.3 is 14.5 Å². The minimum absolute atomic E-state index is 0.0825. The highest BCUT2D eigenvalue weighted by Crippen LogP contribution is 2.11. The van der Waals surface area contributed by atoms with Crippen molar-refractivity contribution in [3.63, 3.8) is 0 Å². The van der Waals surface area contributed by atoms with Crippen LogP contribution < -0.4 is 10.5 Å². The van der Waals surface area contributed by atoms with E-state index in [2.05, 4.69) is 12.2 Å². The van der Waals surface area contributed by atoms with E-state index in [-0.39, 0.29) is 5.76 Å². The molecule has 8 heteroatoms. The predicted octanol–water partition coefficient (Wildman–Crippen LogP) is 0.864. The molecular formula is C12H20N2O5S. The molecular weight excluding hydrogens is 284 g/mol. The van der Waals surface area contributed by atoms with Crippen molar-refractivity contribution in [1.29, 1.82) is 0 Å². The summed E-state index contributed by atoms with van der Waals surface area (Å²) >= 11 is 0. The van der Waals surface area contributed by atoms with Crippen LogP contribution in [0.2, 0.25) is 0 Å². The van der Waals surface area contributed by atoms with E-state index in [9.17, 15) is 13.2 Å². The minimum atomic E-state index is -3.92. The van der Waals surface area contributed by atoms with Gasteiger partial charge in [0.1, 0.15) is 0 Å². The van der Waals surface area contributed by atoms with Gasteiger partial charge in [-0.3, -0.25) is 4.79 Å². The average Bonchev–Trinajstić information content (AvgIpc) is 2.87. The van der Waals surface area contributed by atoms with Crippen LogP contribution in [0, 0.1) is 0 Å². The second-order valence-electron chi connectivity index (χ2n) is 4.24. The van der Waals surface area contributed by atoms with Gasteiger partial charge in [0.15, 0.2) is 5.76 Å². The second-order valence-corrected chi connectivity index (χ2v) is 5.73. The first-order chi connectivity index (χ1) is 9.45. The number of furan rings is 1. The summed E-state index contributed by atoms with van der Waals surface area (Å²) < 4.78 is 32.2. The summed E-state index contributed by atoms with van der Waals surface area (Å²) in [7, 11) is -3.92. The highest BCUT2D eigenvalue weighted by atomic mass is 32.2. The molecule has 1 rings (SSSR count). The number of nitrogens with one attached hydrogen (secondary N) is 1. The van der Waals surface area contributed by atoms with Crippen LogP contribution in [0.25, 0.3) is 0 Å². The van der Waals surface area contributed by atoms with Gasteiger partial charge in [-0.15, -0.1) is 0 Å². The molecule has 0 atom stereocenters. The fourth-order valence-electron chi connectivity index (χ4n) is 1.41. The van der Waals surface area contributed by atoms with Crippen LogP contribution in [0.15, 0.2) is 21.6 Å². The number of hydrogen-bond acceptors (Lipinski definition) is 5. The predicted molar refractivity (Wildman–Crippen MR) is 72.8 cm³/mol.